The van der Waals surface area contributed by atoms with E-state index in [0.29, 0.717) is 6.10 Å². The fourth-order valence-electron chi connectivity index (χ4n) is 2.44. The minimum absolute atomic E-state index is 0.296. The summed E-state index contributed by atoms with van der Waals surface area (Å²) in [6.45, 7) is 11.3. The van der Waals surface area contributed by atoms with Gasteiger partial charge in [-0.1, -0.05) is 13.8 Å². The van der Waals surface area contributed by atoms with Crippen molar-refractivity contribution >= 4 is 0 Å². The summed E-state index contributed by atoms with van der Waals surface area (Å²) in [7, 11) is 0. The largest absolute Gasteiger partial charge is 0.374 e. The van der Waals surface area contributed by atoms with Crippen LogP contribution in [0.3, 0.4) is 0 Å². The number of likely N-dealkylation sites (N-methyl/N-ethyl adjacent to an activating group) is 2. The number of hydrogen-bond donors (Lipinski definition) is 1. The molecule has 0 amide bonds. The van der Waals surface area contributed by atoms with Gasteiger partial charge in [-0.3, -0.25) is 4.90 Å². The van der Waals surface area contributed by atoms with Gasteiger partial charge in [0.05, 0.1) is 31.3 Å². The second kappa shape index (κ2) is 7.62. The van der Waals surface area contributed by atoms with Crippen molar-refractivity contribution in [2.24, 2.45) is 0 Å². The summed E-state index contributed by atoms with van der Waals surface area (Å²) < 4.78 is 7.98. The summed E-state index contributed by atoms with van der Waals surface area (Å²) in [5, 5.41) is 3.32. The first-order chi connectivity index (χ1) is 9.31. The van der Waals surface area contributed by atoms with Crippen molar-refractivity contribution in [2.75, 3.05) is 39.3 Å². The van der Waals surface area contributed by atoms with Crippen molar-refractivity contribution in [3.8, 4) is 0 Å². The van der Waals surface area contributed by atoms with Crippen LogP contribution in [0.2, 0.25) is 0 Å². The summed E-state index contributed by atoms with van der Waals surface area (Å²) in [6, 6.07) is 0. The van der Waals surface area contributed by atoms with Gasteiger partial charge in [-0.15, -0.1) is 0 Å². The second-order valence-corrected chi connectivity index (χ2v) is 5.05. The predicted molar refractivity (Wildman–Crippen MR) is 76.3 cm³/mol. The number of hydrogen-bond acceptors (Lipinski definition) is 4. The molecule has 0 aromatic carbocycles. The standard InChI is InChI=1S/C14H26N4O/c1-3-15-6-5-13-9-18(12-16-13)11-14-10-17(4-2)7-8-19-14/h9,12,14-15H,3-8,10-11H2,1-2H3. The fourth-order valence-corrected chi connectivity index (χ4v) is 2.44. The molecule has 108 valence electrons. The molecule has 1 aromatic heterocycles. The molecule has 1 fully saturated rings. The van der Waals surface area contributed by atoms with Crippen molar-refractivity contribution < 1.29 is 4.74 Å². The summed E-state index contributed by atoms with van der Waals surface area (Å²) >= 11 is 0. The van der Waals surface area contributed by atoms with Gasteiger partial charge < -0.3 is 14.6 Å². The van der Waals surface area contributed by atoms with Crippen LogP contribution in [0.4, 0.5) is 0 Å². The summed E-state index contributed by atoms with van der Waals surface area (Å²) in [5.41, 5.74) is 1.16. The zero-order valence-electron chi connectivity index (χ0n) is 12.1. The highest BCUT2D eigenvalue weighted by atomic mass is 16.5. The van der Waals surface area contributed by atoms with E-state index in [4.69, 9.17) is 4.74 Å². The lowest BCUT2D eigenvalue weighted by Gasteiger charge is -2.32. The Labute approximate surface area is 116 Å². The third kappa shape index (κ3) is 4.60. The van der Waals surface area contributed by atoms with Gasteiger partial charge in [-0.05, 0) is 13.1 Å². The van der Waals surface area contributed by atoms with E-state index >= 15 is 0 Å². The first kappa shape index (κ1) is 14.5. The van der Waals surface area contributed by atoms with E-state index in [9.17, 15) is 0 Å². The lowest BCUT2D eigenvalue weighted by atomic mass is 10.2. The fraction of sp³-hybridized carbons (Fsp3) is 0.786. The Bertz CT molecular complexity index is 366. The zero-order valence-corrected chi connectivity index (χ0v) is 12.1. The molecular weight excluding hydrogens is 240 g/mol. The molecule has 1 N–H and O–H groups in total. The molecule has 1 aliphatic rings. The van der Waals surface area contributed by atoms with Crippen molar-refractivity contribution in [1.29, 1.82) is 0 Å². The summed E-state index contributed by atoms with van der Waals surface area (Å²) in [4.78, 5) is 6.89. The summed E-state index contributed by atoms with van der Waals surface area (Å²) in [5.74, 6) is 0. The van der Waals surface area contributed by atoms with Gasteiger partial charge in [0.25, 0.3) is 0 Å². The first-order valence-electron chi connectivity index (χ1n) is 7.37. The Morgan fingerprint density at radius 3 is 3.16 bits per heavy atom. The van der Waals surface area contributed by atoms with E-state index in [1.165, 1.54) is 0 Å². The van der Waals surface area contributed by atoms with Crippen LogP contribution < -0.4 is 5.32 Å². The SMILES string of the molecule is CCNCCc1cn(CC2CN(CC)CCO2)cn1. The summed E-state index contributed by atoms with van der Waals surface area (Å²) in [6.07, 6.45) is 5.36. The van der Waals surface area contributed by atoms with E-state index in [2.05, 4.69) is 39.8 Å². The average Bonchev–Trinajstić information content (AvgIpc) is 2.87. The highest BCUT2D eigenvalue weighted by molar-refractivity contribution is 4.97. The number of imidazole rings is 1. The third-order valence-electron chi connectivity index (χ3n) is 3.58. The molecule has 0 aliphatic carbocycles. The maximum absolute atomic E-state index is 5.82. The second-order valence-electron chi connectivity index (χ2n) is 5.05. The molecule has 0 bridgehead atoms. The Morgan fingerprint density at radius 1 is 1.47 bits per heavy atom. The van der Waals surface area contributed by atoms with Crippen LogP contribution in [0.25, 0.3) is 0 Å². The van der Waals surface area contributed by atoms with Gasteiger partial charge >= 0.3 is 0 Å². The smallest absolute Gasteiger partial charge is 0.0950 e. The van der Waals surface area contributed by atoms with Crippen LogP contribution in [0.5, 0.6) is 0 Å². The molecule has 1 aromatic rings. The number of morpholine rings is 1. The van der Waals surface area contributed by atoms with E-state index in [1.54, 1.807) is 0 Å². The Kier molecular flexibility index (Phi) is 5.82. The molecule has 5 heteroatoms. The normalized spacial score (nSPS) is 20.8. The third-order valence-corrected chi connectivity index (χ3v) is 3.58. The molecule has 1 aliphatic heterocycles. The average molecular weight is 266 g/mol. The van der Waals surface area contributed by atoms with Gasteiger partial charge in [-0.2, -0.15) is 0 Å². The topological polar surface area (TPSA) is 42.3 Å². The van der Waals surface area contributed by atoms with Crippen molar-refractivity contribution in [3.63, 3.8) is 0 Å². The molecule has 0 saturated carbocycles. The Morgan fingerprint density at radius 2 is 2.37 bits per heavy atom. The number of nitrogens with one attached hydrogen (secondary N) is 1. The monoisotopic (exact) mass is 266 g/mol. The number of rotatable bonds is 7. The molecular formula is C14H26N4O. The van der Waals surface area contributed by atoms with E-state index in [0.717, 1.165) is 58.0 Å². The van der Waals surface area contributed by atoms with Gasteiger partial charge in [0.1, 0.15) is 0 Å². The highest BCUT2D eigenvalue weighted by Gasteiger charge is 2.19. The van der Waals surface area contributed by atoms with Crippen molar-refractivity contribution in [2.45, 2.75) is 32.9 Å². The molecule has 1 atom stereocenters. The van der Waals surface area contributed by atoms with Crippen LogP contribution >= 0.6 is 0 Å². The maximum Gasteiger partial charge on any atom is 0.0950 e. The number of aromatic nitrogens is 2. The molecule has 1 saturated heterocycles. The number of nitrogens with zero attached hydrogens (tertiary/aromatic N) is 3. The number of ether oxygens (including phenoxy) is 1. The minimum atomic E-state index is 0.296. The predicted octanol–water partition coefficient (Wildman–Crippen LogP) is 0.756. The first-order valence-corrected chi connectivity index (χ1v) is 7.37. The maximum atomic E-state index is 5.82. The van der Waals surface area contributed by atoms with E-state index < -0.39 is 0 Å². The molecule has 5 nitrogen and oxygen atoms in total. The van der Waals surface area contributed by atoms with Crippen LogP contribution in [-0.2, 0) is 17.7 Å². The molecule has 0 spiro atoms. The lowest BCUT2D eigenvalue weighted by molar-refractivity contribution is -0.0343. The Balaban J connectivity index is 1.78. The van der Waals surface area contributed by atoms with Gasteiger partial charge in [0.15, 0.2) is 0 Å². The quantitative estimate of drug-likeness (QED) is 0.740. The molecule has 19 heavy (non-hydrogen) atoms. The molecule has 1 unspecified atom stereocenters. The van der Waals surface area contributed by atoms with Crippen molar-refractivity contribution in [1.82, 2.24) is 19.8 Å². The minimum Gasteiger partial charge on any atom is -0.374 e. The van der Waals surface area contributed by atoms with Gasteiger partial charge in [-0.25, -0.2) is 4.98 Å². The van der Waals surface area contributed by atoms with Crippen LogP contribution in [0.1, 0.15) is 19.5 Å². The zero-order chi connectivity index (χ0) is 13.5. The van der Waals surface area contributed by atoms with E-state index in [-0.39, 0.29) is 0 Å². The van der Waals surface area contributed by atoms with E-state index in [1.807, 2.05) is 6.33 Å². The molecule has 0 radical (unpaired) electrons. The molecule has 2 rings (SSSR count). The van der Waals surface area contributed by atoms with Crippen LogP contribution in [0.15, 0.2) is 12.5 Å². The van der Waals surface area contributed by atoms with Gasteiger partial charge in [0, 0.05) is 32.3 Å². The Hall–Kier alpha value is -0.910. The highest BCUT2D eigenvalue weighted by Crippen LogP contribution is 2.08. The van der Waals surface area contributed by atoms with Crippen molar-refractivity contribution in [3.05, 3.63) is 18.2 Å². The van der Waals surface area contributed by atoms with Gasteiger partial charge in [0.2, 0.25) is 0 Å². The lowest BCUT2D eigenvalue weighted by Crippen LogP contribution is -2.43. The van der Waals surface area contributed by atoms with Crippen LogP contribution in [0, 0.1) is 0 Å². The molecule has 2 heterocycles. The van der Waals surface area contributed by atoms with Crippen LogP contribution in [-0.4, -0.2) is 59.9 Å².